The van der Waals surface area contributed by atoms with Crippen molar-refractivity contribution in [2.75, 3.05) is 5.32 Å². The molecular formula is C17H12FN3O2. The fraction of sp³-hybridized carbons (Fsp3) is 0. The van der Waals surface area contributed by atoms with Gasteiger partial charge in [0, 0.05) is 24.1 Å². The van der Waals surface area contributed by atoms with Crippen molar-refractivity contribution in [1.29, 1.82) is 0 Å². The molecule has 0 bridgehead atoms. The quantitative estimate of drug-likeness (QED) is 0.799. The van der Waals surface area contributed by atoms with Crippen molar-refractivity contribution >= 4 is 11.6 Å². The van der Waals surface area contributed by atoms with Gasteiger partial charge in [-0.2, -0.15) is 0 Å². The second-order valence-electron chi connectivity index (χ2n) is 4.60. The number of nitrogens with zero attached hydrogens (tertiary/aromatic N) is 2. The molecule has 0 aliphatic carbocycles. The number of hydrogen-bond acceptors (Lipinski definition) is 4. The summed E-state index contributed by atoms with van der Waals surface area (Å²) in [6.45, 7) is 0. The van der Waals surface area contributed by atoms with Gasteiger partial charge in [0.25, 0.3) is 5.91 Å². The van der Waals surface area contributed by atoms with Gasteiger partial charge in [-0.05, 0) is 30.3 Å². The van der Waals surface area contributed by atoms with Crippen molar-refractivity contribution in [3.63, 3.8) is 0 Å². The minimum Gasteiger partial charge on any atom is -0.424 e. The van der Waals surface area contributed by atoms with E-state index in [0.717, 1.165) is 0 Å². The molecule has 1 amide bonds. The molecule has 1 heterocycles. The number of carbonyl (C=O) groups is 1. The summed E-state index contributed by atoms with van der Waals surface area (Å²) in [4.78, 5) is 20.0. The summed E-state index contributed by atoms with van der Waals surface area (Å²) < 4.78 is 19.1. The first-order valence-corrected chi connectivity index (χ1v) is 6.83. The highest BCUT2D eigenvalue weighted by atomic mass is 19.1. The monoisotopic (exact) mass is 309 g/mol. The Kier molecular flexibility index (Phi) is 4.24. The molecule has 1 aromatic heterocycles. The van der Waals surface area contributed by atoms with Crippen LogP contribution in [-0.2, 0) is 0 Å². The Balaban J connectivity index is 1.75. The van der Waals surface area contributed by atoms with Crippen LogP contribution < -0.4 is 10.1 Å². The summed E-state index contributed by atoms with van der Waals surface area (Å²) in [5.74, 6) is -0.645. The molecule has 6 heteroatoms. The Labute approximate surface area is 131 Å². The van der Waals surface area contributed by atoms with Crippen LogP contribution in [0.1, 0.15) is 10.4 Å². The zero-order valence-electron chi connectivity index (χ0n) is 11.9. The maximum atomic E-state index is 13.6. The molecule has 2 aromatic carbocycles. The molecule has 0 saturated carbocycles. The summed E-state index contributed by atoms with van der Waals surface area (Å²) in [5, 5.41) is 2.63. The van der Waals surface area contributed by atoms with Crippen LogP contribution >= 0.6 is 0 Å². The lowest BCUT2D eigenvalue weighted by atomic mass is 10.2. The van der Waals surface area contributed by atoms with E-state index in [0.29, 0.717) is 11.4 Å². The third kappa shape index (κ3) is 3.68. The van der Waals surface area contributed by atoms with Gasteiger partial charge in [0.05, 0.1) is 5.56 Å². The normalized spacial score (nSPS) is 10.1. The van der Waals surface area contributed by atoms with Gasteiger partial charge in [0.1, 0.15) is 11.6 Å². The number of rotatable bonds is 4. The highest BCUT2D eigenvalue weighted by Crippen LogP contribution is 2.22. The number of anilines is 1. The van der Waals surface area contributed by atoms with Crippen LogP contribution in [0.3, 0.4) is 0 Å². The van der Waals surface area contributed by atoms with Crippen molar-refractivity contribution in [3.8, 4) is 11.8 Å². The van der Waals surface area contributed by atoms with E-state index in [4.69, 9.17) is 4.74 Å². The minimum absolute atomic E-state index is 0.0229. The zero-order valence-corrected chi connectivity index (χ0v) is 11.9. The SMILES string of the molecule is O=C(Nc1cccc(Oc2ncccn2)c1)c1ccccc1F. The van der Waals surface area contributed by atoms with Gasteiger partial charge in [-0.15, -0.1) is 0 Å². The van der Waals surface area contributed by atoms with E-state index in [9.17, 15) is 9.18 Å². The lowest BCUT2D eigenvalue weighted by Crippen LogP contribution is -2.13. The standard InChI is InChI=1S/C17H12FN3O2/c18-15-8-2-1-7-14(15)16(22)21-12-5-3-6-13(11-12)23-17-19-9-4-10-20-17/h1-11H,(H,21,22). The highest BCUT2D eigenvalue weighted by molar-refractivity contribution is 6.04. The number of benzene rings is 2. The topological polar surface area (TPSA) is 64.1 Å². The fourth-order valence-electron chi connectivity index (χ4n) is 1.92. The summed E-state index contributed by atoms with van der Waals surface area (Å²) in [7, 11) is 0. The summed E-state index contributed by atoms with van der Waals surface area (Å²) in [6.07, 6.45) is 3.12. The summed E-state index contributed by atoms with van der Waals surface area (Å²) >= 11 is 0. The predicted octanol–water partition coefficient (Wildman–Crippen LogP) is 3.66. The average molecular weight is 309 g/mol. The molecule has 114 valence electrons. The van der Waals surface area contributed by atoms with Gasteiger partial charge in [-0.25, -0.2) is 14.4 Å². The first-order chi connectivity index (χ1) is 11.2. The number of amides is 1. The lowest BCUT2D eigenvalue weighted by Gasteiger charge is -2.08. The Morgan fingerprint density at radius 3 is 2.57 bits per heavy atom. The van der Waals surface area contributed by atoms with E-state index < -0.39 is 11.7 Å². The largest absolute Gasteiger partial charge is 0.424 e. The molecule has 23 heavy (non-hydrogen) atoms. The summed E-state index contributed by atoms with van der Waals surface area (Å²) in [5.41, 5.74) is 0.455. The number of ether oxygens (including phenoxy) is 1. The smallest absolute Gasteiger partial charge is 0.321 e. The number of carbonyl (C=O) groups excluding carboxylic acids is 1. The first kappa shape index (κ1) is 14.6. The maximum Gasteiger partial charge on any atom is 0.321 e. The molecular weight excluding hydrogens is 297 g/mol. The molecule has 0 radical (unpaired) electrons. The lowest BCUT2D eigenvalue weighted by molar-refractivity contribution is 0.102. The van der Waals surface area contributed by atoms with Crippen LogP contribution in [0.4, 0.5) is 10.1 Å². The van der Waals surface area contributed by atoms with Gasteiger partial charge < -0.3 is 10.1 Å². The Bertz CT molecular complexity index is 825. The minimum atomic E-state index is -0.574. The number of nitrogens with one attached hydrogen (secondary N) is 1. The average Bonchev–Trinajstić information content (AvgIpc) is 2.56. The Morgan fingerprint density at radius 1 is 1.00 bits per heavy atom. The van der Waals surface area contributed by atoms with E-state index >= 15 is 0 Å². The fourth-order valence-corrected chi connectivity index (χ4v) is 1.92. The number of aromatic nitrogens is 2. The van der Waals surface area contributed by atoms with Crippen LogP contribution in [0.25, 0.3) is 0 Å². The van der Waals surface area contributed by atoms with Crippen molar-refractivity contribution < 1.29 is 13.9 Å². The maximum absolute atomic E-state index is 13.6. The van der Waals surface area contributed by atoms with Gasteiger partial charge in [0.15, 0.2) is 0 Å². The van der Waals surface area contributed by atoms with Crippen molar-refractivity contribution in [2.24, 2.45) is 0 Å². The van der Waals surface area contributed by atoms with Crippen molar-refractivity contribution in [3.05, 3.63) is 78.4 Å². The van der Waals surface area contributed by atoms with Crippen LogP contribution in [-0.4, -0.2) is 15.9 Å². The molecule has 0 spiro atoms. The van der Waals surface area contributed by atoms with E-state index in [1.54, 1.807) is 48.8 Å². The second kappa shape index (κ2) is 6.65. The molecule has 0 aliphatic heterocycles. The number of halogens is 1. The second-order valence-corrected chi connectivity index (χ2v) is 4.60. The van der Waals surface area contributed by atoms with Crippen LogP contribution in [0.5, 0.6) is 11.8 Å². The molecule has 0 saturated heterocycles. The third-order valence-electron chi connectivity index (χ3n) is 2.96. The van der Waals surface area contributed by atoms with Gasteiger partial charge in [-0.3, -0.25) is 4.79 Å². The summed E-state index contributed by atoms with van der Waals surface area (Å²) in [6, 6.07) is 14.4. The van der Waals surface area contributed by atoms with Crippen LogP contribution in [0.15, 0.2) is 67.0 Å². The predicted molar refractivity (Wildman–Crippen MR) is 82.9 cm³/mol. The molecule has 0 atom stereocenters. The Morgan fingerprint density at radius 2 is 1.78 bits per heavy atom. The van der Waals surface area contributed by atoms with E-state index in [-0.39, 0.29) is 11.6 Å². The highest BCUT2D eigenvalue weighted by Gasteiger charge is 2.11. The van der Waals surface area contributed by atoms with Gasteiger partial charge >= 0.3 is 6.01 Å². The van der Waals surface area contributed by atoms with Crippen LogP contribution in [0.2, 0.25) is 0 Å². The zero-order chi connectivity index (χ0) is 16.1. The molecule has 0 unspecified atom stereocenters. The van der Waals surface area contributed by atoms with Crippen LogP contribution in [0, 0.1) is 5.82 Å². The Hall–Kier alpha value is -3.28. The van der Waals surface area contributed by atoms with Gasteiger partial charge in [0.2, 0.25) is 0 Å². The van der Waals surface area contributed by atoms with Crippen molar-refractivity contribution in [1.82, 2.24) is 9.97 Å². The molecule has 3 rings (SSSR count). The van der Waals surface area contributed by atoms with E-state index in [1.165, 1.54) is 18.2 Å². The molecule has 1 N–H and O–H groups in total. The molecule has 0 fully saturated rings. The molecule has 3 aromatic rings. The van der Waals surface area contributed by atoms with Gasteiger partial charge in [-0.1, -0.05) is 18.2 Å². The van der Waals surface area contributed by atoms with Crippen molar-refractivity contribution in [2.45, 2.75) is 0 Å². The van der Waals surface area contributed by atoms with E-state index in [2.05, 4.69) is 15.3 Å². The molecule has 0 aliphatic rings. The number of hydrogen-bond donors (Lipinski definition) is 1. The first-order valence-electron chi connectivity index (χ1n) is 6.83. The third-order valence-corrected chi connectivity index (χ3v) is 2.96. The van der Waals surface area contributed by atoms with E-state index in [1.807, 2.05) is 0 Å². The molecule has 5 nitrogen and oxygen atoms in total.